The maximum absolute atomic E-state index is 13.5. The fourth-order valence-corrected chi connectivity index (χ4v) is 3.13. The van der Waals surface area contributed by atoms with Crippen molar-refractivity contribution < 1.29 is 4.39 Å². The Bertz CT molecular complexity index is 601. The Morgan fingerprint density at radius 1 is 1.14 bits per heavy atom. The van der Waals surface area contributed by atoms with Crippen molar-refractivity contribution in [1.29, 1.82) is 0 Å². The Morgan fingerprint density at radius 3 is 2.62 bits per heavy atom. The Morgan fingerprint density at radius 2 is 1.90 bits per heavy atom. The van der Waals surface area contributed by atoms with Crippen LogP contribution in [-0.4, -0.2) is 6.54 Å². The van der Waals surface area contributed by atoms with E-state index in [4.69, 9.17) is 11.6 Å². The Balaban J connectivity index is 2.16. The maximum atomic E-state index is 13.5. The Labute approximate surface area is 134 Å². The molecule has 0 unspecified atom stereocenters. The van der Waals surface area contributed by atoms with Crippen LogP contribution in [0.1, 0.15) is 19.4 Å². The van der Waals surface area contributed by atoms with Crippen LogP contribution in [0.15, 0.2) is 52.3 Å². The summed E-state index contributed by atoms with van der Waals surface area (Å²) in [6.07, 6.45) is 0. The minimum Gasteiger partial charge on any atom is -0.312 e. The second kappa shape index (κ2) is 7.83. The van der Waals surface area contributed by atoms with Gasteiger partial charge < -0.3 is 5.32 Å². The van der Waals surface area contributed by atoms with E-state index in [1.807, 2.05) is 30.3 Å². The van der Waals surface area contributed by atoms with Crippen molar-refractivity contribution in [2.75, 3.05) is 6.54 Å². The van der Waals surface area contributed by atoms with E-state index < -0.39 is 0 Å². The minimum atomic E-state index is -0.208. The molecule has 0 saturated carbocycles. The van der Waals surface area contributed by atoms with Gasteiger partial charge in [0.1, 0.15) is 5.82 Å². The highest BCUT2D eigenvalue weighted by Crippen LogP contribution is 2.35. The monoisotopic (exact) mass is 323 g/mol. The molecule has 0 aliphatic rings. The number of nitrogens with one attached hydrogen (secondary N) is 1. The van der Waals surface area contributed by atoms with Crippen LogP contribution in [0.3, 0.4) is 0 Å². The molecule has 0 fully saturated rings. The Hall–Kier alpha value is -1.03. The van der Waals surface area contributed by atoms with Gasteiger partial charge in [0.2, 0.25) is 0 Å². The number of hydrogen-bond acceptors (Lipinski definition) is 2. The van der Waals surface area contributed by atoms with Gasteiger partial charge in [-0.05, 0) is 48.4 Å². The highest BCUT2D eigenvalue weighted by atomic mass is 35.5. The number of benzene rings is 2. The van der Waals surface area contributed by atoms with Gasteiger partial charge in [-0.1, -0.05) is 49.3 Å². The second-order valence-corrected chi connectivity index (χ2v) is 6.80. The van der Waals surface area contributed by atoms with Gasteiger partial charge in [-0.3, -0.25) is 0 Å². The van der Waals surface area contributed by atoms with Crippen LogP contribution in [0.4, 0.5) is 4.39 Å². The summed E-state index contributed by atoms with van der Waals surface area (Å²) in [6, 6.07) is 12.6. The third-order valence-corrected chi connectivity index (χ3v) is 4.58. The average Bonchev–Trinajstić information content (AvgIpc) is 2.43. The molecule has 1 N–H and O–H groups in total. The zero-order chi connectivity index (χ0) is 15.2. The standard InChI is InChI=1S/C17H19ClFNS/c1-12(2)10-20-11-13-9-14(19)7-8-16(13)21-17-6-4-3-5-15(17)18/h3-9,12,20H,10-11H2,1-2H3. The number of hydrogen-bond donors (Lipinski definition) is 1. The summed E-state index contributed by atoms with van der Waals surface area (Å²) in [4.78, 5) is 2.01. The van der Waals surface area contributed by atoms with Gasteiger partial charge >= 0.3 is 0 Å². The molecule has 0 aliphatic heterocycles. The predicted octanol–water partition coefficient (Wildman–Crippen LogP) is 5.38. The van der Waals surface area contributed by atoms with Gasteiger partial charge in [0.25, 0.3) is 0 Å². The highest BCUT2D eigenvalue weighted by molar-refractivity contribution is 7.99. The Kier molecular flexibility index (Phi) is 6.09. The molecule has 2 aromatic rings. The molecule has 0 aromatic heterocycles. The molecule has 21 heavy (non-hydrogen) atoms. The molecule has 0 saturated heterocycles. The molecule has 0 spiro atoms. The summed E-state index contributed by atoms with van der Waals surface area (Å²) in [7, 11) is 0. The lowest BCUT2D eigenvalue weighted by Gasteiger charge is -2.12. The summed E-state index contributed by atoms with van der Waals surface area (Å²) in [5, 5.41) is 4.07. The summed E-state index contributed by atoms with van der Waals surface area (Å²) >= 11 is 7.76. The van der Waals surface area contributed by atoms with Crippen molar-refractivity contribution in [2.45, 2.75) is 30.2 Å². The van der Waals surface area contributed by atoms with Crippen LogP contribution in [-0.2, 0) is 6.54 Å². The van der Waals surface area contributed by atoms with Crippen molar-refractivity contribution in [3.63, 3.8) is 0 Å². The van der Waals surface area contributed by atoms with Crippen molar-refractivity contribution in [3.8, 4) is 0 Å². The number of rotatable bonds is 6. The first-order chi connectivity index (χ1) is 10.1. The fourth-order valence-electron chi connectivity index (χ4n) is 1.93. The van der Waals surface area contributed by atoms with E-state index in [0.29, 0.717) is 17.5 Å². The van der Waals surface area contributed by atoms with Crippen LogP contribution < -0.4 is 5.32 Å². The molecule has 1 nitrogen and oxygen atoms in total. The minimum absolute atomic E-state index is 0.208. The molecule has 2 aromatic carbocycles. The molecule has 0 amide bonds. The maximum Gasteiger partial charge on any atom is 0.123 e. The largest absolute Gasteiger partial charge is 0.312 e. The smallest absolute Gasteiger partial charge is 0.123 e. The summed E-state index contributed by atoms with van der Waals surface area (Å²) in [5.41, 5.74) is 0.959. The van der Waals surface area contributed by atoms with Crippen molar-refractivity contribution in [1.82, 2.24) is 5.32 Å². The van der Waals surface area contributed by atoms with E-state index in [1.165, 1.54) is 6.07 Å². The molecule has 0 heterocycles. The van der Waals surface area contributed by atoms with E-state index in [1.54, 1.807) is 17.8 Å². The molecule has 0 bridgehead atoms. The lowest BCUT2D eigenvalue weighted by Crippen LogP contribution is -2.19. The van der Waals surface area contributed by atoms with Crippen LogP contribution >= 0.6 is 23.4 Å². The zero-order valence-electron chi connectivity index (χ0n) is 12.2. The fraction of sp³-hybridized carbons (Fsp3) is 0.294. The van der Waals surface area contributed by atoms with Crippen molar-refractivity contribution in [3.05, 3.63) is 58.9 Å². The third kappa shape index (κ3) is 5.03. The average molecular weight is 324 g/mol. The highest BCUT2D eigenvalue weighted by Gasteiger charge is 2.08. The summed E-state index contributed by atoms with van der Waals surface area (Å²) < 4.78 is 13.5. The van der Waals surface area contributed by atoms with E-state index in [9.17, 15) is 4.39 Å². The van der Waals surface area contributed by atoms with Crippen LogP contribution in [0.2, 0.25) is 5.02 Å². The van der Waals surface area contributed by atoms with Crippen molar-refractivity contribution in [2.24, 2.45) is 5.92 Å². The predicted molar refractivity (Wildman–Crippen MR) is 88.5 cm³/mol. The molecule has 4 heteroatoms. The van der Waals surface area contributed by atoms with E-state index >= 15 is 0 Å². The van der Waals surface area contributed by atoms with E-state index in [0.717, 1.165) is 21.9 Å². The van der Waals surface area contributed by atoms with Gasteiger partial charge in [-0.2, -0.15) is 0 Å². The van der Waals surface area contributed by atoms with Gasteiger partial charge in [0.15, 0.2) is 0 Å². The molecule has 0 radical (unpaired) electrons. The molecule has 0 aliphatic carbocycles. The zero-order valence-corrected chi connectivity index (χ0v) is 13.8. The van der Waals surface area contributed by atoms with Crippen LogP contribution in [0.25, 0.3) is 0 Å². The SMILES string of the molecule is CC(C)CNCc1cc(F)ccc1Sc1ccccc1Cl. The second-order valence-electron chi connectivity index (χ2n) is 5.31. The first-order valence-corrected chi connectivity index (χ1v) is 8.17. The van der Waals surface area contributed by atoms with Crippen molar-refractivity contribution >= 4 is 23.4 Å². The van der Waals surface area contributed by atoms with Gasteiger partial charge in [0, 0.05) is 16.3 Å². The van der Waals surface area contributed by atoms with E-state index in [-0.39, 0.29) is 5.82 Å². The quantitative estimate of drug-likeness (QED) is 0.766. The third-order valence-electron chi connectivity index (χ3n) is 2.95. The van der Waals surface area contributed by atoms with Gasteiger partial charge in [-0.15, -0.1) is 0 Å². The van der Waals surface area contributed by atoms with Crippen LogP contribution in [0, 0.1) is 11.7 Å². The molecule has 2 rings (SSSR count). The lowest BCUT2D eigenvalue weighted by molar-refractivity contribution is 0.547. The first-order valence-electron chi connectivity index (χ1n) is 6.98. The summed E-state index contributed by atoms with van der Waals surface area (Å²) in [6.45, 7) is 5.87. The molecular formula is C17H19ClFNS. The van der Waals surface area contributed by atoms with Gasteiger partial charge in [-0.25, -0.2) is 4.39 Å². The normalized spacial score (nSPS) is 11.1. The molecular weight excluding hydrogens is 305 g/mol. The van der Waals surface area contributed by atoms with E-state index in [2.05, 4.69) is 19.2 Å². The topological polar surface area (TPSA) is 12.0 Å². The first kappa shape index (κ1) is 16.3. The van der Waals surface area contributed by atoms with Crippen LogP contribution in [0.5, 0.6) is 0 Å². The van der Waals surface area contributed by atoms with Gasteiger partial charge in [0.05, 0.1) is 5.02 Å². The summed E-state index contributed by atoms with van der Waals surface area (Å²) in [5.74, 6) is 0.359. The number of halogens is 2. The molecule has 0 atom stereocenters. The lowest BCUT2D eigenvalue weighted by atomic mass is 10.2. The molecule has 112 valence electrons.